The molecule has 0 bridgehead atoms. The molecule has 1 aliphatic rings. The molecule has 2 aromatic heterocycles. The summed E-state index contributed by atoms with van der Waals surface area (Å²) in [6.07, 6.45) is 0.748. The molecule has 0 spiro atoms. The van der Waals surface area contributed by atoms with E-state index < -0.39 is 0 Å². The molecule has 0 radical (unpaired) electrons. The molecule has 122 valence electrons. The van der Waals surface area contributed by atoms with Gasteiger partial charge in [0.25, 0.3) is 11.6 Å². The number of carbonyl (C=O) groups excluding carboxylic acids is 1. The first-order valence-corrected chi connectivity index (χ1v) is 7.87. The summed E-state index contributed by atoms with van der Waals surface area (Å²) in [6, 6.07) is 9.58. The van der Waals surface area contributed by atoms with Gasteiger partial charge in [0.2, 0.25) is 0 Å². The fraction of sp³-hybridized carbons (Fsp3) is 0.278. The summed E-state index contributed by atoms with van der Waals surface area (Å²) in [6.45, 7) is 4.09. The van der Waals surface area contributed by atoms with Crippen LogP contribution < -0.4 is 10.1 Å². The van der Waals surface area contributed by atoms with Crippen molar-refractivity contribution in [1.29, 1.82) is 0 Å². The van der Waals surface area contributed by atoms with Crippen molar-refractivity contribution in [3.63, 3.8) is 0 Å². The second kappa shape index (κ2) is 5.63. The summed E-state index contributed by atoms with van der Waals surface area (Å²) in [5.74, 6) is 0.727. The van der Waals surface area contributed by atoms with E-state index >= 15 is 0 Å². The molecule has 24 heavy (non-hydrogen) atoms. The number of amides is 1. The van der Waals surface area contributed by atoms with Crippen LogP contribution in [0.4, 0.5) is 0 Å². The second-order valence-electron chi connectivity index (χ2n) is 6.05. The minimum absolute atomic E-state index is 0.0731. The van der Waals surface area contributed by atoms with Crippen LogP contribution in [0, 0.1) is 13.8 Å². The molecule has 1 N–H and O–H groups in total. The molecule has 1 aromatic carbocycles. The first kappa shape index (κ1) is 14.7. The molecule has 0 saturated heterocycles. The van der Waals surface area contributed by atoms with Crippen molar-refractivity contribution in [2.75, 3.05) is 6.61 Å². The van der Waals surface area contributed by atoms with Gasteiger partial charge >= 0.3 is 0 Å². The van der Waals surface area contributed by atoms with Crippen molar-refractivity contribution in [3.05, 3.63) is 52.8 Å². The van der Waals surface area contributed by atoms with Gasteiger partial charge in [-0.25, -0.2) is 4.98 Å². The van der Waals surface area contributed by atoms with Crippen LogP contribution in [0.3, 0.4) is 0 Å². The maximum Gasteiger partial charge on any atom is 0.258 e. The Morgan fingerprint density at radius 1 is 1.29 bits per heavy atom. The summed E-state index contributed by atoms with van der Waals surface area (Å²) >= 11 is 0. The van der Waals surface area contributed by atoms with E-state index in [-0.39, 0.29) is 11.9 Å². The van der Waals surface area contributed by atoms with Gasteiger partial charge in [0, 0.05) is 5.69 Å². The van der Waals surface area contributed by atoms with Gasteiger partial charge in [0.15, 0.2) is 0 Å². The molecule has 0 saturated carbocycles. The van der Waals surface area contributed by atoms with Crippen molar-refractivity contribution < 1.29 is 14.1 Å². The van der Waals surface area contributed by atoms with E-state index in [0.29, 0.717) is 34.7 Å². The number of nitrogens with zero attached hydrogens (tertiary/aromatic N) is 2. The molecule has 6 heteroatoms. The maximum absolute atomic E-state index is 12.8. The van der Waals surface area contributed by atoms with Crippen LogP contribution in [0.5, 0.6) is 5.75 Å². The van der Waals surface area contributed by atoms with Crippen LogP contribution in [0.15, 0.2) is 34.9 Å². The van der Waals surface area contributed by atoms with Crippen molar-refractivity contribution in [3.8, 4) is 5.75 Å². The number of aromatic nitrogens is 2. The average Bonchev–Trinajstić information content (AvgIpc) is 2.95. The molecule has 1 aliphatic heterocycles. The minimum atomic E-state index is -0.162. The zero-order chi connectivity index (χ0) is 16.7. The highest BCUT2D eigenvalue weighted by Gasteiger charge is 2.24. The Bertz CT molecular complexity index is 932. The standard InChI is InChI=1S/C18H17N3O3/c1-10-7-14(16-11(2)21-24-18(16)19-10)17(22)20-13-8-12-5-3-4-6-15(12)23-9-13/h3-7,13H,8-9H2,1-2H3,(H,20,22)/t13-/m0/s1. The number of ether oxygens (including phenoxy) is 1. The lowest BCUT2D eigenvalue weighted by Gasteiger charge is -2.26. The Hall–Kier alpha value is -2.89. The third kappa shape index (κ3) is 2.50. The number of carbonyl (C=O) groups is 1. The summed E-state index contributed by atoms with van der Waals surface area (Å²) < 4.78 is 10.9. The lowest BCUT2D eigenvalue weighted by molar-refractivity contribution is 0.0917. The minimum Gasteiger partial charge on any atom is -0.491 e. The van der Waals surface area contributed by atoms with Gasteiger partial charge in [0.05, 0.1) is 22.7 Å². The number of pyridine rings is 1. The SMILES string of the molecule is Cc1cc(C(=O)N[C@@H]2COc3ccccc3C2)c2c(C)noc2n1. The fourth-order valence-electron chi connectivity index (χ4n) is 3.08. The average molecular weight is 323 g/mol. The zero-order valence-corrected chi connectivity index (χ0v) is 13.5. The van der Waals surface area contributed by atoms with Crippen molar-refractivity contribution in [2.24, 2.45) is 0 Å². The Labute approximate surface area is 138 Å². The van der Waals surface area contributed by atoms with Crippen LogP contribution in [0.2, 0.25) is 0 Å². The summed E-state index contributed by atoms with van der Waals surface area (Å²) in [5, 5.41) is 7.63. The number of hydrogen-bond donors (Lipinski definition) is 1. The molecule has 4 rings (SSSR count). The number of benzene rings is 1. The van der Waals surface area contributed by atoms with E-state index in [9.17, 15) is 4.79 Å². The Morgan fingerprint density at radius 3 is 3.00 bits per heavy atom. The highest BCUT2D eigenvalue weighted by atomic mass is 16.5. The summed E-state index contributed by atoms with van der Waals surface area (Å²) in [4.78, 5) is 17.1. The zero-order valence-electron chi connectivity index (χ0n) is 13.5. The van der Waals surface area contributed by atoms with Crippen LogP contribution in [0.1, 0.15) is 27.3 Å². The van der Waals surface area contributed by atoms with E-state index in [1.807, 2.05) is 31.2 Å². The van der Waals surface area contributed by atoms with Gasteiger partial charge < -0.3 is 14.6 Å². The third-order valence-corrected chi connectivity index (χ3v) is 4.20. The molecule has 0 aliphatic carbocycles. The lowest BCUT2D eigenvalue weighted by Crippen LogP contribution is -2.42. The molecule has 6 nitrogen and oxygen atoms in total. The van der Waals surface area contributed by atoms with Crippen LogP contribution in [-0.2, 0) is 6.42 Å². The highest BCUT2D eigenvalue weighted by Crippen LogP contribution is 2.25. The van der Waals surface area contributed by atoms with Gasteiger partial charge in [-0.3, -0.25) is 4.79 Å². The molecular formula is C18H17N3O3. The Kier molecular flexibility index (Phi) is 3.45. The van der Waals surface area contributed by atoms with E-state index in [1.165, 1.54) is 0 Å². The topological polar surface area (TPSA) is 77.2 Å². The molecule has 3 aromatic rings. The molecule has 0 unspecified atom stereocenters. The first-order chi connectivity index (χ1) is 11.6. The van der Waals surface area contributed by atoms with Gasteiger partial charge in [-0.05, 0) is 38.0 Å². The second-order valence-corrected chi connectivity index (χ2v) is 6.05. The molecular weight excluding hydrogens is 306 g/mol. The lowest BCUT2D eigenvalue weighted by atomic mass is 10.0. The predicted octanol–water partition coefficient (Wildman–Crippen LogP) is 2.57. The van der Waals surface area contributed by atoms with Gasteiger partial charge in [0.1, 0.15) is 12.4 Å². The van der Waals surface area contributed by atoms with Gasteiger partial charge in [-0.1, -0.05) is 23.4 Å². The largest absolute Gasteiger partial charge is 0.491 e. The molecule has 0 fully saturated rings. The first-order valence-electron chi connectivity index (χ1n) is 7.87. The van der Waals surface area contributed by atoms with E-state index in [2.05, 4.69) is 15.5 Å². The number of aryl methyl sites for hydroxylation is 2. The van der Waals surface area contributed by atoms with Gasteiger partial charge in [-0.2, -0.15) is 0 Å². The normalized spacial score (nSPS) is 16.5. The smallest absolute Gasteiger partial charge is 0.258 e. The Morgan fingerprint density at radius 2 is 2.12 bits per heavy atom. The molecule has 1 atom stereocenters. The predicted molar refractivity (Wildman–Crippen MR) is 88.2 cm³/mol. The van der Waals surface area contributed by atoms with Crippen molar-refractivity contribution >= 4 is 17.0 Å². The van der Waals surface area contributed by atoms with Gasteiger partial charge in [-0.15, -0.1) is 0 Å². The van der Waals surface area contributed by atoms with E-state index in [1.54, 1.807) is 13.0 Å². The van der Waals surface area contributed by atoms with Crippen LogP contribution >= 0.6 is 0 Å². The summed E-state index contributed by atoms with van der Waals surface area (Å²) in [5.41, 5.74) is 3.41. The number of nitrogens with one attached hydrogen (secondary N) is 1. The van der Waals surface area contributed by atoms with E-state index in [4.69, 9.17) is 9.26 Å². The van der Waals surface area contributed by atoms with Crippen LogP contribution in [0.25, 0.3) is 11.1 Å². The Balaban J connectivity index is 1.61. The van der Waals surface area contributed by atoms with Crippen molar-refractivity contribution in [2.45, 2.75) is 26.3 Å². The fourth-order valence-corrected chi connectivity index (χ4v) is 3.08. The molecule has 1 amide bonds. The molecule has 3 heterocycles. The number of rotatable bonds is 2. The quantitative estimate of drug-likeness (QED) is 0.784. The number of para-hydroxylation sites is 1. The van der Waals surface area contributed by atoms with Crippen molar-refractivity contribution in [1.82, 2.24) is 15.5 Å². The highest BCUT2D eigenvalue weighted by molar-refractivity contribution is 6.06. The maximum atomic E-state index is 12.8. The number of hydrogen-bond acceptors (Lipinski definition) is 5. The number of fused-ring (bicyclic) bond motifs is 2. The summed E-state index contributed by atoms with van der Waals surface area (Å²) in [7, 11) is 0. The van der Waals surface area contributed by atoms with E-state index in [0.717, 1.165) is 17.7 Å². The third-order valence-electron chi connectivity index (χ3n) is 4.20. The van der Waals surface area contributed by atoms with Crippen LogP contribution in [-0.4, -0.2) is 28.7 Å². The monoisotopic (exact) mass is 323 g/mol.